The molecule has 2 rings (SSSR count). The first kappa shape index (κ1) is 14.6. The topological polar surface area (TPSA) is 49.9 Å². The van der Waals surface area contributed by atoms with Gasteiger partial charge in [-0.15, -0.1) is 0 Å². The van der Waals surface area contributed by atoms with E-state index in [2.05, 4.69) is 41.5 Å². The van der Waals surface area contributed by atoms with Gasteiger partial charge in [-0.1, -0.05) is 13.8 Å². The number of H-pyrrole nitrogens is 1. The van der Waals surface area contributed by atoms with Crippen LogP contribution in [-0.2, 0) is 6.54 Å². The quantitative estimate of drug-likeness (QED) is 0.848. The summed E-state index contributed by atoms with van der Waals surface area (Å²) in [6.45, 7) is 9.14. The lowest BCUT2D eigenvalue weighted by molar-refractivity contribution is 0.242. The molecule has 0 bridgehead atoms. The van der Waals surface area contributed by atoms with Gasteiger partial charge in [-0.3, -0.25) is 5.10 Å². The summed E-state index contributed by atoms with van der Waals surface area (Å²) in [4.78, 5) is 0. The monoisotopic (exact) mass is 273 g/mol. The van der Waals surface area contributed by atoms with Gasteiger partial charge in [0.25, 0.3) is 0 Å². The zero-order valence-corrected chi connectivity index (χ0v) is 12.6. The minimum absolute atomic E-state index is 0.193. The minimum Gasteiger partial charge on any atom is -0.491 e. The van der Waals surface area contributed by atoms with E-state index < -0.39 is 0 Å². The van der Waals surface area contributed by atoms with E-state index in [0.29, 0.717) is 6.04 Å². The fourth-order valence-corrected chi connectivity index (χ4v) is 1.98. The lowest BCUT2D eigenvalue weighted by Gasteiger charge is -2.11. The zero-order valence-electron chi connectivity index (χ0n) is 12.6. The second-order valence-electron chi connectivity index (χ2n) is 5.50. The van der Waals surface area contributed by atoms with Crippen molar-refractivity contribution in [1.82, 2.24) is 15.5 Å². The van der Waals surface area contributed by atoms with Gasteiger partial charge in [-0.2, -0.15) is 5.10 Å². The number of nitrogens with zero attached hydrogens (tertiary/aromatic N) is 1. The third kappa shape index (κ3) is 3.84. The van der Waals surface area contributed by atoms with Crippen molar-refractivity contribution in [3.8, 4) is 17.0 Å². The van der Waals surface area contributed by atoms with Crippen molar-refractivity contribution in [2.75, 3.05) is 0 Å². The highest BCUT2D eigenvalue weighted by Crippen LogP contribution is 2.24. The first-order chi connectivity index (χ1) is 9.56. The molecule has 1 heterocycles. The van der Waals surface area contributed by atoms with E-state index in [9.17, 15) is 0 Å². The lowest BCUT2D eigenvalue weighted by atomic mass is 10.1. The second kappa shape index (κ2) is 6.57. The Morgan fingerprint density at radius 1 is 1.15 bits per heavy atom. The summed E-state index contributed by atoms with van der Waals surface area (Å²) < 4.78 is 5.66. The summed E-state index contributed by atoms with van der Waals surface area (Å²) in [5, 5.41) is 10.6. The third-order valence-corrected chi connectivity index (χ3v) is 2.93. The van der Waals surface area contributed by atoms with Gasteiger partial charge >= 0.3 is 0 Å². The van der Waals surface area contributed by atoms with Crippen molar-refractivity contribution in [2.24, 2.45) is 0 Å². The first-order valence-electron chi connectivity index (χ1n) is 7.09. The van der Waals surface area contributed by atoms with Crippen molar-refractivity contribution in [3.05, 3.63) is 36.0 Å². The Morgan fingerprint density at radius 2 is 1.85 bits per heavy atom. The van der Waals surface area contributed by atoms with Crippen molar-refractivity contribution in [2.45, 2.75) is 46.4 Å². The molecule has 0 aliphatic heterocycles. The fraction of sp³-hybridized carbons (Fsp3) is 0.438. The molecule has 0 spiro atoms. The third-order valence-electron chi connectivity index (χ3n) is 2.93. The number of ether oxygens (including phenoxy) is 1. The van der Waals surface area contributed by atoms with Crippen LogP contribution in [0.4, 0.5) is 0 Å². The van der Waals surface area contributed by atoms with Gasteiger partial charge < -0.3 is 10.1 Å². The SMILES string of the molecule is CC(C)NCc1cn[nH]c1-c1ccc(OC(C)C)cc1. The smallest absolute Gasteiger partial charge is 0.119 e. The molecule has 0 saturated carbocycles. The van der Waals surface area contributed by atoms with Crippen LogP contribution in [0.25, 0.3) is 11.3 Å². The van der Waals surface area contributed by atoms with E-state index in [-0.39, 0.29) is 6.10 Å². The molecule has 0 unspecified atom stereocenters. The summed E-state index contributed by atoms with van der Waals surface area (Å²) >= 11 is 0. The molecule has 108 valence electrons. The Labute approximate surface area is 120 Å². The van der Waals surface area contributed by atoms with Gasteiger partial charge in [0.15, 0.2) is 0 Å². The largest absolute Gasteiger partial charge is 0.491 e. The molecule has 4 heteroatoms. The van der Waals surface area contributed by atoms with Crippen LogP contribution in [-0.4, -0.2) is 22.3 Å². The van der Waals surface area contributed by atoms with E-state index >= 15 is 0 Å². The highest BCUT2D eigenvalue weighted by atomic mass is 16.5. The fourth-order valence-electron chi connectivity index (χ4n) is 1.98. The van der Waals surface area contributed by atoms with Crippen molar-refractivity contribution < 1.29 is 4.74 Å². The molecule has 2 N–H and O–H groups in total. The zero-order chi connectivity index (χ0) is 14.5. The summed E-state index contributed by atoms with van der Waals surface area (Å²) in [6.07, 6.45) is 2.07. The molecule has 0 aliphatic rings. The molecule has 0 aliphatic carbocycles. The molecule has 4 nitrogen and oxygen atoms in total. The van der Waals surface area contributed by atoms with Gasteiger partial charge in [0.05, 0.1) is 18.0 Å². The molecule has 2 aromatic rings. The Morgan fingerprint density at radius 3 is 2.45 bits per heavy atom. The predicted octanol–water partition coefficient (Wildman–Crippen LogP) is 3.36. The van der Waals surface area contributed by atoms with Crippen LogP contribution < -0.4 is 10.1 Å². The van der Waals surface area contributed by atoms with Gasteiger partial charge in [0, 0.05) is 23.7 Å². The molecular weight excluding hydrogens is 250 g/mol. The number of hydrogen-bond acceptors (Lipinski definition) is 3. The maximum Gasteiger partial charge on any atom is 0.119 e. The van der Waals surface area contributed by atoms with Gasteiger partial charge in [-0.05, 0) is 38.1 Å². The van der Waals surface area contributed by atoms with Crippen LogP contribution in [0.15, 0.2) is 30.5 Å². The normalized spacial score (nSPS) is 11.3. The van der Waals surface area contributed by atoms with Crippen LogP contribution in [0.1, 0.15) is 33.3 Å². The van der Waals surface area contributed by atoms with E-state index in [1.165, 1.54) is 5.56 Å². The lowest BCUT2D eigenvalue weighted by Crippen LogP contribution is -2.21. The van der Waals surface area contributed by atoms with E-state index in [4.69, 9.17) is 4.74 Å². The number of aromatic nitrogens is 2. The second-order valence-corrected chi connectivity index (χ2v) is 5.50. The minimum atomic E-state index is 0.193. The molecule has 0 atom stereocenters. The van der Waals surface area contributed by atoms with Crippen LogP contribution >= 0.6 is 0 Å². The molecular formula is C16H23N3O. The van der Waals surface area contributed by atoms with E-state index in [1.807, 2.05) is 32.2 Å². The van der Waals surface area contributed by atoms with E-state index in [1.54, 1.807) is 0 Å². The molecule has 1 aromatic heterocycles. The average Bonchev–Trinajstić information content (AvgIpc) is 2.85. The summed E-state index contributed by atoms with van der Waals surface area (Å²) in [5.74, 6) is 0.894. The number of aromatic amines is 1. The Kier molecular flexibility index (Phi) is 4.79. The summed E-state index contributed by atoms with van der Waals surface area (Å²) in [5.41, 5.74) is 3.37. The number of hydrogen-bond donors (Lipinski definition) is 2. The maximum atomic E-state index is 5.66. The molecule has 0 radical (unpaired) electrons. The number of nitrogens with one attached hydrogen (secondary N) is 2. The number of benzene rings is 1. The van der Waals surface area contributed by atoms with E-state index in [0.717, 1.165) is 23.6 Å². The molecule has 1 aromatic carbocycles. The standard InChI is InChI=1S/C16H23N3O/c1-11(2)17-9-14-10-18-19-16(14)13-5-7-15(8-6-13)20-12(3)4/h5-8,10-12,17H,9H2,1-4H3,(H,18,19). The Bertz CT molecular complexity index is 529. The molecule has 0 saturated heterocycles. The first-order valence-corrected chi connectivity index (χ1v) is 7.09. The van der Waals surface area contributed by atoms with Crippen LogP contribution in [0.2, 0.25) is 0 Å². The van der Waals surface area contributed by atoms with Gasteiger partial charge in [0.1, 0.15) is 5.75 Å². The Hall–Kier alpha value is -1.81. The van der Waals surface area contributed by atoms with Crippen molar-refractivity contribution in [1.29, 1.82) is 0 Å². The molecule has 0 amide bonds. The van der Waals surface area contributed by atoms with Crippen LogP contribution in [0, 0.1) is 0 Å². The average molecular weight is 273 g/mol. The van der Waals surface area contributed by atoms with Crippen LogP contribution in [0.3, 0.4) is 0 Å². The highest BCUT2D eigenvalue weighted by Gasteiger charge is 2.08. The highest BCUT2D eigenvalue weighted by molar-refractivity contribution is 5.63. The summed E-state index contributed by atoms with van der Waals surface area (Å²) in [7, 11) is 0. The van der Waals surface area contributed by atoms with Gasteiger partial charge in [-0.25, -0.2) is 0 Å². The maximum absolute atomic E-state index is 5.66. The summed E-state index contributed by atoms with van der Waals surface area (Å²) in [6, 6.07) is 8.57. The Balaban J connectivity index is 2.13. The molecule has 20 heavy (non-hydrogen) atoms. The van der Waals surface area contributed by atoms with Crippen LogP contribution in [0.5, 0.6) is 5.75 Å². The van der Waals surface area contributed by atoms with Crippen molar-refractivity contribution >= 4 is 0 Å². The van der Waals surface area contributed by atoms with Gasteiger partial charge in [0.2, 0.25) is 0 Å². The molecule has 0 fully saturated rings. The van der Waals surface area contributed by atoms with Crippen molar-refractivity contribution in [3.63, 3.8) is 0 Å². The number of rotatable bonds is 6. The predicted molar refractivity (Wildman–Crippen MR) is 81.8 cm³/mol.